The molecule has 0 aliphatic carbocycles. The summed E-state index contributed by atoms with van der Waals surface area (Å²) < 4.78 is 16.9. The Kier molecular flexibility index (Phi) is 66.2. The van der Waals surface area contributed by atoms with E-state index in [2.05, 4.69) is 130 Å². The topological polar surface area (TPSA) is 78.9 Å². The van der Waals surface area contributed by atoms with E-state index >= 15 is 0 Å². The van der Waals surface area contributed by atoms with Crippen molar-refractivity contribution < 1.29 is 28.6 Å². The highest BCUT2D eigenvalue weighted by Gasteiger charge is 2.19. The van der Waals surface area contributed by atoms with Gasteiger partial charge in [-0.1, -0.05) is 316 Å². The summed E-state index contributed by atoms with van der Waals surface area (Å²) >= 11 is 0. The van der Waals surface area contributed by atoms with Crippen LogP contribution in [0.1, 0.15) is 335 Å². The lowest BCUT2D eigenvalue weighted by molar-refractivity contribution is -0.167. The molecule has 0 aliphatic rings. The number of rotatable bonds is 63. The van der Waals surface area contributed by atoms with E-state index in [0.29, 0.717) is 19.3 Å². The number of esters is 3. The quantitative estimate of drug-likeness (QED) is 0.0261. The third-order valence-corrected chi connectivity index (χ3v) is 15.0. The maximum Gasteiger partial charge on any atom is 0.306 e. The standard InChI is InChI=1S/C76H130O6/c1-4-7-10-13-16-19-22-25-27-29-30-31-32-33-34-35-36-37-38-39-40-41-42-43-44-45-46-48-49-51-54-57-60-63-66-69-75(78)81-72-73(71-80-74(77)68-65-62-59-56-53-24-21-18-15-12-9-6-3)82-76(79)70-67-64-61-58-55-52-50-47-28-26-23-20-17-14-11-8-5-2/h7,10,16,18-19,21,25,27,30-31,33-34,36-37,39-40,42-43,73H,4-6,8-9,11-15,17,20,22-24,26,28-29,32,35,38,41,44-72H2,1-3H3/b10-7-,19-16-,21-18-,27-25-,31-30-,34-33-,37-36-,40-39-,43-42-. The SMILES string of the molecule is CC/C=C\C/C=C\C/C=C\C/C=C\C/C=C\C/C=C\C/C=C\C/C=C\CCCCCCCCCCCCC(=O)OCC(COC(=O)CCCCCCC/C=C\CCCCC)OC(=O)CCCCCCCCCCCCCCCCCCC. The Morgan fingerprint density at radius 3 is 0.780 bits per heavy atom. The summed E-state index contributed by atoms with van der Waals surface area (Å²) in [5.74, 6) is -0.878. The predicted molar refractivity (Wildman–Crippen MR) is 357 cm³/mol. The van der Waals surface area contributed by atoms with Crippen LogP contribution in [0.15, 0.2) is 109 Å². The first-order valence-electron chi connectivity index (χ1n) is 34.9. The molecule has 0 radical (unpaired) electrons. The first kappa shape index (κ1) is 78.1. The molecule has 82 heavy (non-hydrogen) atoms. The molecule has 0 spiro atoms. The number of ether oxygens (including phenoxy) is 3. The molecule has 6 heteroatoms. The smallest absolute Gasteiger partial charge is 0.306 e. The van der Waals surface area contributed by atoms with Gasteiger partial charge < -0.3 is 14.2 Å². The summed E-state index contributed by atoms with van der Waals surface area (Å²) in [7, 11) is 0. The Bertz CT molecular complexity index is 1640. The van der Waals surface area contributed by atoms with E-state index in [1.165, 1.54) is 180 Å². The minimum Gasteiger partial charge on any atom is -0.462 e. The van der Waals surface area contributed by atoms with Crippen molar-refractivity contribution in [3.63, 3.8) is 0 Å². The molecule has 0 saturated carbocycles. The number of unbranched alkanes of at least 4 members (excludes halogenated alkanes) is 34. The highest BCUT2D eigenvalue weighted by molar-refractivity contribution is 5.71. The highest BCUT2D eigenvalue weighted by Crippen LogP contribution is 2.17. The van der Waals surface area contributed by atoms with Gasteiger partial charge in [-0.25, -0.2) is 0 Å². The average Bonchev–Trinajstić information content (AvgIpc) is 3.47. The minimum absolute atomic E-state index is 0.0795. The lowest BCUT2D eigenvalue weighted by Gasteiger charge is -2.18. The predicted octanol–water partition coefficient (Wildman–Crippen LogP) is 24.2. The van der Waals surface area contributed by atoms with E-state index in [1.807, 2.05) is 0 Å². The second-order valence-electron chi connectivity index (χ2n) is 23.1. The van der Waals surface area contributed by atoms with Crippen LogP contribution >= 0.6 is 0 Å². The van der Waals surface area contributed by atoms with Gasteiger partial charge in [0.15, 0.2) is 6.10 Å². The number of hydrogen-bond acceptors (Lipinski definition) is 6. The molecule has 0 N–H and O–H groups in total. The Hall–Kier alpha value is -3.93. The van der Waals surface area contributed by atoms with E-state index < -0.39 is 6.10 Å². The van der Waals surface area contributed by atoms with Gasteiger partial charge in [-0.3, -0.25) is 14.4 Å². The highest BCUT2D eigenvalue weighted by atomic mass is 16.6. The van der Waals surface area contributed by atoms with Crippen molar-refractivity contribution in [2.45, 2.75) is 341 Å². The fraction of sp³-hybridized carbons (Fsp3) is 0.724. The molecular weight excluding hydrogens is 1010 g/mol. The first-order valence-corrected chi connectivity index (χ1v) is 34.9. The molecule has 0 aromatic rings. The summed E-state index contributed by atoms with van der Waals surface area (Å²) in [6.45, 7) is 6.53. The molecule has 470 valence electrons. The summed E-state index contributed by atoms with van der Waals surface area (Å²) in [4.78, 5) is 38.3. The summed E-state index contributed by atoms with van der Waals surface area (Å²) in [6, 6.07) is 0. The zero-order valence-corrected chi connectivity index (χ0v) is 54.0. The Labute approximate surface area is 508 Å². The molecule has 1 unspecified atom stereocenters. The zero-order chi connectivity index (χ0) is 59.2. The van der Waals surface area contributed by atoms with Crippen LogP contribution in [0.5, 0.6) is 0 Å². The monoisotopic (exact) mass is 1140 g/mol. The Morgan fingerprint density at radius 2 is 0.476 bits per heavy atom. The van der Waals surface area contributed by atoms with Crippen LogP contribution in [0, 0.1) is 0 Å². The number of hydrogen-bond donors (Lipinski definition) is 0. The third kappa shape index (κ3) is 66.9. The third-order valence-electron chi connectivity index (χ3n) is 15.0. The van der Waals surface area contributed by atoms with Gasteiger partial charge >= 0.3 is 17.9 Å². The van der Waals surface area contributed by atoms with Crippen LogP contribution in [0.2, 0.25) is 0 Å². The molecule has 0 aromatic carbocycles. The molecule has 0 aliphatic heterocycles. The van der Waals surface area contributed by atoms with E-state index in [4.69, 9.17) is 14.2 Å². The van der Waals surface area contributed by atoms with Crippen LogP contribution in [0.4, 0.5) is 0 Å². The molecule has 0 aromatic heterocycles. The normalized spacial score (nSPS) is 12.8. The summed E-state index contributed by atoms with van der Waals surface area (Å²) in [6.07, 6.45) is 95.4. The second kappa shape index (κ2) is 69.6. The van der Waals surface area contributed by atoms with Gasteiger partial charge in [0.2, 0.25) is 0 Å². The molecule has 0 saturated heterocycles. The van der Waals surface area contributed by atoms with Gasteiger partial charge in [-0.05, 0) is 109 Å². The second-order valence-corrected chi connectivity index (χ2v) is 23.1. The molecule has 6 nitrogen and oxygen atoms in total. The van der Waals surface area contributed by atoms with Crippen molar-refractivity contribution >= 4 is 17.9 Å². The van der Waals surface area contributed by atoms with Crippen molar-refractivity contribution in [1.29, 1.82) is 0 Å². The first-order chi connectivity index (χ1) is 40.5. The number of allylic oxidation sites excluding steroid dienone is 18. The van der Waals surface area contributed by atoms with Crippen LogP contribution in [0.25, 0.3) is 0 Å². The number of carbonyl (C=O) groups is 3. The fourth-order valence-electron chi connectivity index (χ4n) is 9.81. The van der Waals surface area contributed by atoms with Gasteiger partial charge in [-0.2, -0.15) is 0 Å². The van der Waals surface area contributed by atoms with Crippen LogP contribution in [0.3, 0.4) is 0 Å². The summed E-state index contributed by atoms with van der Waals surface area (Å²) in [5.41, 5.74) is 0. The van der Waals surface area contributed by atoms with Gasteiger partial charge in [-0.15, -0.1) is 0 Å². The van der Waals surface area contributed by atoms with Gasteiger partial charge in [0, 0.05) is 19.3 Å². The molecule has 0 fully saturated rings. The molecule has 0 amide bonds. The molecule has 0 heterocycles. The molecule has 1 atom stereocenters. The van der Waals surface area contributed by atoms with Gasteiger partial charge in [0.05, 0.1) is 0 Å². The zero-order valence-electron chi connectivity index (χ0n) is 54.0. The molecule has 0 rings (SSSR count). The van der Waals surface area contributed by atoms with E-state index in [1.54, 1.807) is 0 Å². The van der Waals surface area contributed by atoms with Crippen molar-refractivity contribution in [3.8, 4) is 0 Å². The number of carbonyl (C=O) groups excluding carboxylic acids is 3. The summed E-state index contributed by atoms with van der Waals surface area (Å²) in [5, 5.41) is 0. The molecular formula is C76H130O6. The maximum absolute atomic E-state index is 12.9. The van der Waals surface area contributed by atoms with Crippen molar-refractivity contribution in [3.05, 3.63) is 109 Å². The lowest BCUT2D eigenvalue weighted by atomic mass is 10.0. The van der Waals surface area contributed by atoms with Crippen molar-refractivity contribution in [2.75, 3.05) is 13.2 Å². The average molecular weight is 1140 g/mol. The fourth-order valence-corrected chi connectivity index (χ4v) is 9.81. The van der Waals surface area contributed by atoms with Gasteiger partial charge in [0.1, 0.15) is 13.2 Å². The van der Waals surface area contributed by atoms with E-state index in [9.17, 15) is 14.4 Å². The van der Waals surface area contributed by atoms with Gasteiger partial charge in [0.25, 0.3) is 0 Å². The Morgan fingerprint density at radius 1 is 0.256 bits per heavy atom. The van der Waals surface area contributed by atoms with Crippen molar-refractivity contribution in [2.24, 2.45) is 0 Å². The van der Waals surface area contributed by atoms with Crippen LogP contribution in [-0.2, 0) is 28.6 Å². The lowest BCUT2D eigenvalue weighted by Crippen LogP contribution is -2.30. The van der Waals surface area contributed by atoms with Crippen LogP contribution in [-0.4, -0.2) is 37.2 Å². The maximum atomic E-state index is 12.9. The minimum atomic E-state index is -0.782. The largest absolute Gasteiger partial charge is 0.462 e. The van der Waals surface area contributed by atoms with E-state index in [-0.39, 0.29) is 31.1 Å². The Balaban J connectivity index is 4.20. The molecule has 0 bridgehead atoms. The van der Waals surface area contributed by atoms with Crippen LogP contribution < -0.4 is 0 Å². The van der Waals surface area contributed by atoms with Crippen molar-refractivity contribution in [1.82, 2.24) is 0 Å². The van der Waals surface area contributed by atoms with E-state index in [0.717, 1.165) is 116 Å².